The van der Waals surface area contributed by atoms with Gasteiger partial charge < -0.3 is 9.62 Å². The average molecular weight is 491 g/mol. The number of hydrogen-bond acceptors (Lipinski definition) is 2. The summed E-state index contributed by atoms with van der Waals surface area (Å²) < 4.78 is 0. The van der Waals surface area contributed by atoms with E-state index < -0.39 is 6.51 Å². The number of rotatable bonds is 7. The van der Waals surface area contributed by atoms with Gasteiger partial charge >= 0.3 is 6.70 Å². The minimum Gasteiger partial charge on any atom is -0.388 e. The highest BCUT2D eigenvalue weighted by Crippen LogP contribution is 2.56. The molecule has 0 bridgehead atoms. The van der Waals surface area contributed by atoms with Gasteiger partial charge in [-0.3, -0.25) is 0 Å². The van der Waals surface area contributed by atoms with Crippen LogP contribution in [0.5, 0.6) is 0 Å². The Labute approximate surface area is 207 Å². The molecule has 1 heterocycles. The van der Waals surface area contributed by atoms with Gasteiger partial charge in [-0.2, -0.15) is 0 Å². The van der Waals surface area contributed by atoms with E-state index in [-0.39, 0.29) is 6.70 Å². The molecule has 1 fully saturated rings. The van der Waals surface area contributed by atoms with Crippen molar-refractivity contribution in [1.29, 1.82) is 0 Å². The molecule has 0 atom stereocenters. The van der Waals surface area contributed by atoms with Gasteiger partial charge in [-0.05, 0) is 45.9 Å². The molecule has 1 aliphatic heterocycles. The second kappa shape index (κ2) is 10.6. The number of hydrogen-bond donors (Lipinski definition) is 0. The minimum absolute atomic E-state index is 0.0388. The highest BCUT2D eigenvalue weighted by Gasteiger charge is 2.46. The molecular weight excluding hydrogens is 453 g/mol. The van der Waals surface area contributed by atoms with Gasteiger partial charge in [0, 0.05) is 24.5 Å². The number of para-hydroxylation sites is 2. The van der Waals surface area contributed by atoms with Crippen LogP contribution in [0, 0.1) is 0 Å². The van der Waals surface area contributed by atoms with E-state index in [9.17, 15) is 0 Å². The van der Waals surface area contributed by atoms with Crippen molar-refractivity contribution in [2.75, 3.05) is 22.7 Å². The number of benzene rings is 2. The van der Waals surface area contributed by atoms with Crippen molar-refractivity contribution in [2.24, 2.45) is 0 Å². The van der Waals surface area contributed by atoms with Crippen molar-refractivity contribution in [3.8, 4) is 0 Å². The Hall–Kier alpha value is -0.885. The van der Waals surface area contributed by atoms with Gasteiger partial charge in [-0.25, -0.2) is 0 Å². The van der Waals surface area contributed by atoms with Crippen molar-refractivity contribution < 1.29 is 0 Å². The third-order valence-corrected chi connectivity index (χ3v) is 8.53. The molecule has 174 valence electrons. The summed E-state index contributed by atoms with van der Waals surface area (Å²) >= 11 is 13.7. The van der Waals surface area contributed by atoms with Crippen molar-refractivity contribution in [3.05, 3.63) is 58.7 Å². The van der Waals surface area contributed by atoms with Gasteiger partial charge in [0.1, 0.15) is 6.51 Å². The summed E-state index contributed by atoms with van der Waals surface area (Å²) in [6, 6.07) is 13.5. The van der Waals surface area contributed by atoms with Crippen LogP contribution in [-0.2, 0) is 0 Å². The van der Waals surface area contributed by atoms with E-state index in [0.29, 0.717) is 23.7 Å². The molecule has 0 aliphatic carbocycles. The maximum Gasteiger partial charge on any atom is 0.437 e. The quantitative estimate of drug-likeness (QED) is 0.281. The highest BCUT2D eigenvalue weighted by molar-refractivity contribution is 8.24. The van der Waals surface area contributed by atoms with Gasteiger partial charge in [0.05, 0.1) is 0 Å². The third kappa shape index (κ3) is 4.96. The molecule has 2 aromatic rings. The summed E-state index contributed by atoms with van der Waals surface area (Å²) in [5, 5.41) is 0. The Bertz CT molecular complexity index is 806. The lowest BCUT2D eigenvalue weighted by Crippen LogP contribution is -2.43. The van der Waals surface area contributed by atoms with E-state index in [1.165, 1.54) is 33.6 Å². The Morgan fingerprint density at radius 1 is 0.625 bits per heavy atom. The number of anilines is 2. The first-order valence-corrected chi connectivity index (χ1v) is 15.2. The average Bonchev–Trinajstić information content (AvgIpc) is 3.17. The summed E-state index contributed by atoms with van der Waals surface area (Å²) in [7, 11) is 0. The van der Waals surface area contributed by atoms with Crippen LogP contribution in [0.3, 0.4) is 0 Å². The molecule has 1 aliphatic rings. The van der Waals surface area contributed by atoms with Crippen LogP contribution in [0.4, 0.5) is 11.4 Å². The predicted octanol–water partition coefficient (Wildman–Crippen LogP) is 9.28. The standard InChI is InChI=1S/C26H38BCl2N2P/c1-17(2)21-11-9-12-22(18(3)4)25(21)30-15-16-31(27(30)32(28)29)26-23(19(5)6)13-10-14-24(26)20(7)8/h9-14,17-20H,15-16H2,1-8H3. The molecule has 2 aromatic carbocycles. The molecule has 0 amide bonds. The first-order valence-electron chi connectivity index (χ1n) is 12.0. The van der Waals surface area contributed by atoms with Crippen molar-refractivity contribution in [3.63, 3.8) is 0 Å². The van der Waals surface area contributed by atoms with E-state index in [1.54, 1.807) is 0 Å². The van der Waals surface area contributed by atoms with Crippen molar-refractivity contribution in [1.82, 2.24) is 0 Å². The SMILES string of the molecule is CC(C)c1cccc(C(C)C)c1N1CCN(c2c(C(C)C)cccc2C(C)C)B1P(Cl)Cl. The van der Waals surface area contributed by atoms with Crippen LogP contribution in [0.2, 0.25) is 0 Å². The zero-order chi connectivity index (χ0) is 23.7. The van der Waals surface area contributed by atoms with Gasteiger partial charge in [0.25, 0.3) is 0 Å². The Balaban J connectivity index is 2.20. The Kier molecular flexibility index (Phi) is 8.51. The van der Waals surface area contributed by atoms with E-state index in [4.69, 9.17) is 22.5 Å². The summed E-state index contributed by atoms with van der Waals surface area (Å²) in [5.74, 6) is 1.74. The first-order chi connectivity index (χ1) is 15.1. The lowest BCUT2D eigenvalue weighted by Gasteiger charge is -2.36. The van der Waals surface area contributed by atoms with Gasteiger partial charge in [0.2, 0.25) is 0 Å². The fraction of sp³-hybridized carbons (Fsp3) is 0.538. The molecule has 1 saturated heterocycles. The van der Waals surface area contributed by atoms with Crippen LogP contribution in [0.15, 0.2) is 36.4 Å². The predicted molar refractivity (Wildman–Crippen MR) is 148 cm³/mol. The second-order valence-electron chi connectivity index (χ2n) is 10.2. The van der Waals surface area contributed by atoms with E-state index >= 15 is 0 Å². The monoisotopic (exact) mass is 490 g/mol. The lowest BCUT2D eigenvalue weighted by atomic mass is 9.87. The van der Waals surface area contributed by atoms with Gasteiger partial charge in [-0.1, -0.05) is 114 Å². The fourth-order valence-corrected chi connectivity index (χ4v) is 7.11. The smallest absolute Gasteiger partial charge is 0.388 e. The first kappa shape index (κ1) is 25.7. The largest absolute Gasteiger partial charge is 0.437 e. The molecule has 6 heteroatoms. The van der Waals surface area contributed by atoms with E-state index in [0.717, 1.165) is 13.1 Å². The van der Waals surface area contributed by atoms with Gasteiger partial charge in [0.15, 0.2) is 0 Å². The molecule has 0 spiro atoms. The molecule has 0 aromatic heterocycles. The molecule has 0 unspecified atom stereocenters. The molecule has 2 nitrogen and oxygen atoms in total. The summed E-state index contributed by atoms with van der Waals surface area (Å²) in [4.78, 5) is 5.02. The van der Waals surface area contributed by atoms with E-state index in [2.05, 4.69) is 101 Å². The summed E-state index contributed by atoms with van der Waals surface area (Å²) in [5.41, 5.74) is 8.21. The number of nitrogens with zero attached hydrogens (tertiary/aromatic N) is 2. The lowest BCUT2D eigenvalue weighted by molar-refractivity contribution is 0.821. The van der Waals surface area contributed by atoms with E-state index in [1.807, 2.05) is 0 Å². The number of halogens is 2. The molecular formula is C26H38BCl2N2P. The summed E-state index contributed by atoms with van der Waals surface area (Å²) in [6.07, 6.45) is 0. The zero-order valence-corrected chi connectivity index (χ0v) is 23.3. The van der Waals surface area contributed by atoms with Crippen LogP contribution in [0.25, 0.3) is 0 Å². The molecule has 0 radical (unpaired) electrons. The Morgan fingerprint density at radius 3 is 1.12 bits per heavy atom. The topological polar surface area (TPSA) is 6.48 Å². The summed E-state index contributed by atoms with van der Waals surface area (Å²) in [6.45, 7) is 18.8. The third-order valence-electron chi connectivity index (χ3n) is 6.57. The van der Waals surface area contributed by atoms with Gasteiger partial charge in [-0.15, -0.1) is 0 Å². The minimum atomic E-state index is -1.26. The van der Waals surface area contributed by atoms with Crippen LogP contribution in [0.1, 0.15) is 101 Å². The normalized spacial score (nSPS) is 14.9. The van der Waals surface area contributed by atoms with Crippen molar-refractivity contribution >= 4 is 47.1 Å². The molecule has 3 rings (SSSR count). The second-order valence-corrected chi connectivity index (χ2v) is 13.9. The van der Waals surface area contributed by atoms with Crippen molar-refractivity contribution in [2.45, 2.75) is 79.1 Å². The molecule has 0 N–H and O–H groups in total. The highest BCUT2D eigenvalue weighted by atomic mass is 35.9. The maximum absolute atomic E-state index is 6.85. The fourth-order valence-electron chi connectivity index (χ4n) is 4.97. The van der Waals surface area contributed by atoms with Crippen LogP contribution < -0.4 is 9.62 Å². The van der Waals surface area contributed by atoms with Crippen LogP contribution in [-0.4, -0.2) is 19.8 Å². The molecule has 32 heavy (non-hydrogen) atoms. The maximum atomic E-state index is 6.85. The Morgan fingerprint density at radius 2 is 0.906 bits per heavy atom. The zero-order valence-electron chi connectivity index (χ0n) is 20.9. The molecule has 0 saturated carbocycles. The van der Waals surface area contributed by atoms with Crippen LogP contribution >= 0.6 is 29.0 Å².